The molecule has 0 saturated heterocycles. The summed E-state index contributed by atoms with van der Waals surface area (Å²) in [7, 11) is 1.58. The number of fused-ring (bicyclic) bond motifs is 1. The molecule has 6 heteroatoms. The summed E-state index contributed by atoms with van der Waals surface area (Å²) in [4.78, 5) is 24.7. The summed E-state index contributed by atoms with van der Waals surface area (Å²) >= 11 is 5.96. The van der Waals surface area contributed by atoms with Crippen molar-refractivity contribution in [3.8, 4) is 0 Å². The van der Waals surface area contributed by atoms with E-state index in [2.05, 4.69) is 5.32 Å². The Kier molecular flexibility index (Phi) is 4.36. The van der Waals surface area contributed by atoms with Gasteiger partial charge in [0.1, 0.15) is 5.82 Å². The van der Waals surface area contributed by atoms with Crippen LogP contribution in [0.3, 0.4) is 0 Å². The van der Waals surface area contributed by atoms with Crippen LogP contribution in [-0.2, 0) is 13.6 Å². The lowest BCUT2D eigenvalue weighted by molar-refractivity contribution is 0.0951. The van der Waals surface area contributed by atoms with Crippen LogP contribution in [0.2, 0.25) is 5.02 Å². The van der Waals surface area contributed by atoms with E-state index in [0.29, 0.717) is 16.3 Å². The summed E-state index contributed by atoms with van der Waals surface area (Å²) in [6, 6.07) is 11.2. The predicted molar refractivity (Wildman–Crippen MR) is 91.8 cm³/mol. The molecule has 1 amide bonds. The second-order valence-corrected chi connectivity index (χ2v) is 5.79. The number of benzene rings is 2. The van der Waals surface area contributed by atoms with Crippen molar-refractivity contribution in [1.82, 2.24) is 9.88 Å². The van der Waals surface area contributed by atoms with Gasteiger partial charge in [0.25, 0.3) is 11.5 Å². The van der Waals surface area contributed by atoms with Crippen LogP contribution in [0.4, 0.5) is 4.39 Å². The molecule has 3 aromatic rings. The van der Waals surface area contributed by atoms with Gasteiger partial charge in [0.2, 0.25) is 0 Å². The van der Waals surface area contributed by atoms with Crippen LogP contribution in [-0.4, -0.2) is 10.5 Å². The fourth-order valence-corrected chi connectivity index (χ4v) is 2.79. The summed E-state index contributed by atoms with van der Waals surface area (Å²) in [6.07, 6.45) is 1.48. The SMILES string of the molecule is Cn1cc(C(=O)NCc2c(F)cccc2Cl)c2ccccc2c1=O. The molecule has 0 unspecified atom stereocenters. The molecule has 0 aliphatic rings. The van der Waals surface area contributed by atoms with Crippen LogP contribution < -0.4 is 10.9 Å². The van der Waals surface area contributed by atoms with Crippen molar-refractivity contribution in [2.45, 2.75) is 6.54 Å². The first-order chi connectivity index (χ1) is 11.5. The Labute approximate surface area is 142 Å². The van der Waals surface area contributed by atoms with E-state index < -0.39 is 11.7 Å². The molecule has 1 heterocycles. The Bertz CT molecular complexity index is 978. The van der Waals surface area contributed by atoms with E-state index in [1.54, 1.807) is 37.4 Å². The van der Waals surface area contributed by atoms with Gasteiger partial charge in [-0.1, -0.05) is 35.9 Å². The molecule has 24 heavy (non-hydrogen) atoms. The van der Waals surface area contributed by atoms with Crippen LogP contribution in [0.25, 0.3) is 10.8 Å². The number of carbonyl (C=O) groups is 1. The number of hydrogen-bond donors (Lipinski definition) is 1. The molecule has 4 nitrogen and oxygen atoms in total. The molecule has 1 N–H and O–H groups in total. The zero-order chi connectivity index (χ0) is 17.3. The third-order valence-corrected chi connectivity index (χ3v) is 4.18. The van der Waals surface area contributed by atoms with Crippen molar-refractivity contribution in [1.29, 1.82) is 0 Å². The molecule has 3 rings (SSSR count). The number of hydrogen-bond acceptors (Lipinski definition) is 2. The Morgan fingerprint density at radius 1 is 1.17 bits per heavy atom. The molecule has 0 fully saturated rings. The first-order valence-electron chi connectivity index (χ1n) is 7.28. The fraction of sp³-hybridized carbons (Fsp3) is 0.111. The first-order valence-corrected chi connectivity index (χ1v) is 7.66. The number of aryl methyl sites for hydroxylation is 1. The number of pyridine rings is 1. The van der Waals surface area contributed by atoms with E-state index in [1.165, 1.54) is 22.9 Å². The Morgan fingerprint density at radius 3 is 2.58 bits per heavy atom. The normalized spacial score (nSPS) is 10.8. The topological polar surface area (TPSA) is 51.1 Å². The molecule has 0 atom stereocenters. The lowest BCUT2D eigenvalue weighted by Gasteiger charge is -2.11. The monoisotopic (exact) mass is 344 g/mol. The highest BCUT2D eigenvalue weighted by molar-refractivity contribution is 6.31. The summed E-state index contributed by atoms with van der Waals surface area (Å²) < 4.78 is 15.1. The van der Waals surface area contributed by atoms with E-state index in [4.69, 9.17) is 11.6 Å². The molecule has 0 saturated carbocycles. The maximum absolute atomic E-state index is 13.8. The second kappa shape index (κ2) is 6.45. The van der Waals surface area contributed by atoms with E-state index in [9.17, 15) is 14.0 Å². The standard InChI is InChI=1S/C18H14ClFN2O2/c1-22-10-14(11-5-2-3-6-12(11)18(22)24)17(23)21-9-13-15(19)7-4-8-16(13)20/h2-8,10H,9H2,1H3,(H,21,23). The highest BCUT2D eigenvalue weighted by Gasteiger charge is 2.15. The molecular weight excluding hydrogens is 331 g/mol. The molecular formula is C18H14ClFN2O2. The zero-order valence-corrected chi connectivity index (χ0v) is 13.6. The lowest BCUT2D eigenvalue weighted by atomic mass is 10.1. The van der Waals surface area contributed by atoms with E-state index in [0.717, 1.165) is 0 Å². The number of nitrogens with zero attached hydrogens (tertiary/aromatic N) is 1. The molecule has 0 bridgehead atoms. The molecule has 2 aromatic carbocycles. The number of rotatable bonds is 3. The van der Waals surface area contributed by atoms with Crippen molar-refractivity contribution in [3.05, 3.63) is 81.0 Å². The number of carbonyl (C=O) groups excluding carboxylic acids is 1. The quantitative estimate of drug-likeness (QED) is 0.793. The first kappa shape index (κ1) is 16.2. The van der Waals surface area contributed by atoms with Crippen molar-refractivity contribution >= 4 is 28.3 Å². The highest BCUT2D eigenvalue weighted by atomic mass is 35.5. The zero-order valence-electron chi connectivity index (χ0n) is 12.8. The van der Waals surface area contributed by atoms with E-state index >= 15 is 0 Å². The van der Waals surface area contributed by atoms with E-state index in [-0.39, 0.29) is 22.7 Å². The van der Waals surface area contributed by atoms with E-state index in [1.807, 2.05) is 0 Å². The van der Waals surface area contributed by atoms with Crippen LogP contribution in [0.1, 0.15) is 15.9 Å². The molecule has 0 aliphatic heterocycles. The van der Waals surface area contributed by atoms with Crippen molar-refractivity contribution in [2.75, 3.05) is 0 Å². The van der Waals surface area contributed by atoms with Crippen LogP contribution in [0.15, 0.2) is 53.5 Å². The summed E-state index contributed by atoms with van der Waals surface area (Å²) in [6.45, 7) is -0.0402. The summed E-state index contributed by atoms with van der Waals surface area (Å²) in [5, 5.41) is 3.92. The molecule has 0 aliphatic carbocycles. The maximum atomic E-state index is 13.8. The van der Waals surface area contributed by atoms with Crippen LogP contribution in [0.5, 0.6) is 0 Å². The fourth-order valence-electron chi connectivity index (χ4n) is 2.56. The minimum atomic E-state index is -0.479. The van der Waals surface area contributed by atoms with Crippen molar-refractivity contribution in [2.24, 2.45) is 7.05 Å². The minimum Gasteiger partial charge on any atom is -0.348 e. The molecule has 122 valence electrons. The van der Waals surface area contributed by atoms with Gasteiger partial charge in [0.15, 0.2) is 0 Å². The molecule has 0 radical (unpaired) electrons. The van der Waals surface area contributed by atoms with Gasteiger partial charge >= 0.3 is 0 Å². The summed E-state index contributed by atoms with van der Waals surface area (Å²) in [5.41, 5.74) is 0.390. The smallest absolute Gasteiger partial charge is 0.258 e. The lowest BCUT2D eigenvalue weighted by Crippen LogP contribution is -2.26. The number of nitrogens with one attached hydrogen (secondary N) is 1. The number of amides is 1. The Hall–Kier alpha value is -2.66. The number of aromatic nitrogens is 1. The number of halogens is 2. The average molecular weight is 345 g/mol. The van der Waals surface area contributed by atoms with Gasteiger partial charge in [-0.15, -0.1) is 0 Å². The molecule has 0 spiro atoms. The molecule has 1 aromatic heterocycles. The third kappa shape index (κ3) is 2.90. The predicted octanol–water partition coefficient (Wildman–Crippen LogP) is 3.26. The van der Waals surface area contributed by atoms with Gasteiger partial charge in [-0.25, -0.2) is 4.39 Å². The van der Waals surface area contributed by atoms with Crippen molar-refractivity contribution in [3.63, 3.8) is 0 Å². The van der Waals surface area contributed by atoms with Gasteiger partial charge in [-0.05, 0) is 18.2 Å². The van der Waals surface area contributed by atoms with Crippen molar-refractivity contribution < 1.29 is 9.18 Å². The van der Waals surface area contributed by atoms with Crippen LogP contribution >= 0.6 is 11.6 Å². The van der Waals surface area contributed by atoms with Gasteiger partial charge < -0.3 is 9.88 Å². The van der Waals surface area contributed by atoms with Gasteiger partial charge in [-0.2, -0.15) is 0 Å². The van der Waals surface area contributed by atoms with Gasteiger partial charge in [0, 0.05) is 41.1 Å². The van der Waals surface area contributed by atoms with Gasteiger partial charge in [0.05, 0.1) is 5.56 Å². The van der Waals surface area contributed by atoms with Crippen LogP contribution in [0, 0.1) is 5.82 Å². The second-order valence-electron chi connectivity index (χ2n) is 5.39. The van der Waals surface area contributed by atoms with Gasteiger partial charge in [-0.3, -0.25) is 9.59 Å². The Balaban J connectivity index is 1.95. The summed E-state index contributed by atoms with van der Waals surface area (Å²) in [5.74, 6) is -0.880. The average Bonchev–Trinajstić information content (AvgIpc) is 2.57. The Morgan fingerprint density at radius 2 is 1.88 bits per heavy atom. The highest BCUT2D eigenvalue weighted by Crippen LogP contribution is 2.19. The maximum Gasteiger partial charge on any atom is 0.258 e. The largest absolute Gasteiger partial charge is 0.348 e. The minimum absolute atomic E-state index is 0.0402. The third-order valence-electron chi connectivity index (χ3n) is 3.82.